The van der Waals surface area contributed by atoms with Gasteiger partial charge in [-0.25, -0.2) is 15.0 Å². The van der Waals surface area contributed by atoms with Crippen molar-refractivity contribution in [1.82, 2.24) is 29.7 Å². The van der Waals surface area contributed by atoms with Gasteiger partial charge in [-0.1, -0.05) is 6.92 Å². The lowest BCUT2D eigenvalue weighted by atomic mass is 10.2. The number of hydrogen-bond acceptors (Lipinski definition) is 7. The second kappa shape index (κ2) is 7.17. The highest BCUT2D eigenvalue weighted by atomic mass is 32.1. The summed E-state index contributed by atoms with van der Waals surface area (Å²) in [4.78, 5) is 18.1. The molecule has 4 rings (SSSR count). The number of pyridine rings is 1. The van der Waals surface area contributed by atoms with Crippen LogP contribution >= 0.6 is 11.3 Å². The average Bonchev–Trinajstić information content (AvgIpc) is 3.28. The van der Waals surface area contributed by atoms with E-state index in [-0.39, 0.29) is 0 Å². The summed E-state index contributed by atoms with van der Waals surface area (Å²) in [6.45, 7) is 2.79. The Morgan fingerprint density at radius 2 is 2.00 bits per heavy atom. The minimum absolute atomic E-state index is 0.622. The third-order valence-corrected chi connectivity index (χ3v) is 4.99. The number of fused-ring (bicyclic) bond motifs is 1. The number of aromatic nitrogens is 6. The molecule has 0 amide bonds. The third-order valence-electron chi connectivity index (χ3n) is 4.03. The summed E-state index contributed by atoms with van der Waals surface area (Å²) in [6, 6.07) is 3.80. The molecule has 0 aliphatic rings. The number of nitrogens with zero attached hydrogens (tertiary/aromatic N) is 6. The molecule has 0 atom stereocenters. The second-order valence-corrected chi connectivity index (χ2v) is 6.92. The zero-order valence-corrected chi connectivity index (χ0v) is 15.5. The fraction of sp³-hybridized carbons (Fsp3) is 0.278. The van der Waals surface area contributed by atoms with E-state index in [4.69, 9.17) is 4.98 Å². The van der Waals surface area contributed by atoms with Crippen LogP contribution in [0.25, 0.3) is 22.4 Å². The van der Waals surface area contributed by atoms with E-state index >= 15 is 0 Å². The maximum Gasteiger partial charge on any atom is 0.164 e. The number of nitrogens with one attached hydrogen (secondary N) is 1. The minimum atomic E-state index is 0.622. The van der Waals surface area contributed by atoms with Crippen molar-refractivity contribution in [3.05, 3.63) is 46.8 Å². The van der Waals surface area contributed by atoms with Crippen LogP contribution < -0.4 is 5.32 Å². The first kappa shape index (κ1) is 16.6. The molecule has 8 heteroatoms. The molecule has 4 heterocycles. The highest BCUT2D eigenvalue weighted by Gasteiger charge is 2.13. The molecule has 0 aromatic carbocycles. The van der Waals surface area contributed by atoms with Crippen LogP contribution in [0, 0.1) is 0 Å². The maximum atomic E-state index is 4.71. The van der Waals surface area contributed by atoms with Gasteiger partial charge in [-0.15, -0.1) is 11.3 Å². The van der Waals surface area contributed by atoms with E-state index < -0.39 is 0 Å². The van der Waals surface area contributed by atoms with Gasteiger partial charge < -0.3 is 5.32 Å². The number of thiazole rings is 1. The summed E-state index contributed by atoms with van der Waals surface area (Å²) in [7, 11) is 1.88. The molecular formula is C18H19N7S. The van der Waals surface area contributed by atoms with E-state index in [0.29, 0.717) is 12.4 Å². The van der Waals surface area contributed by atoms with Gasteiger partial charge in [0.05, 0.1) is 28.8 Å². The van der Waals surface area contributed by atoms with E-state index in [1.807, 2.05) is 19.2 Å². The second-order valence-electron chi connectivity index (χ2n) is 5.97. The smallest absolute Gasteiger partial charge is 0.164 e. The monoisotopic (exact) mass is 365 g/mol. The van der Waals surface area contributed by atoms with Gasteiger partial charge in [0.1, 0.15) is 5.82 Å². The van der Waals surface area contributed by atoms with Crippen molar-refractivity contribution < 1.29 is 0 Å². The zero-order valence-electron chi connectivity index (χ0n) is 14.7. The quantitative estimate of drug-likeness (QED) is 0.564. The molecule has 7 nitrogen and oxygen atoms in total. The van der Waals surface area contributed by atoms with Gasteiger partial charge in [0.15, 0.2) is 11.5 Å². The van der Waals surface area contributed by atoms with Gasteiger partial charge in [0.25, 0.3) is 0 Å². The highest BCUT2D eigenvalue weighted by molar-refractivity contribution is 7.09. The molecule has 0 aliphatic carbocycles. The summed E-state index contributed by atoms with van der Waals surface area (Å²) in [5, 5.41) is 11.9. The molecule has 1 N–H and O–H groups in total. The molecular weight excluding hydrogens is 346 g/mol. The lowest BCUT2D eigenvalue weighted by molar-refractivity contribution is 0.786. The summed E-state index contributed by atoms with van der Waals surface area (Å²) in [6.07, 6.45) is 7.40. The van der Waals surface area contributed by atoms with E-state index in [1.165, 1.54) is 5.01 Å². The van der Waals surface area contributed by atoms with Crippen LogP contribution in [0.3, 0.4) is 0 Å². The van der Waals surface area contributed by atoms with E-state index in [1.54, 1.807) is 34.6 Å². The number of aryl methyl sites for hydroxylation is 2. The molecule has 26 heavy (non-hydrogen) atoms. The SMILES string of the molecule is CCCc1nc(CNc2nc(-c3ccncc3)nc3c2cnn3C)cs1. The van der Waals surface area contributed by atoms with Crippen LogP contribution in [0.4, 0.5) is 5.82 Å². The fourth-order valence-corrected chi connectivity index (χ4v) is 3.62. The van der Waals surface area contributed by atoms with Gasteiger partial charge in [0, 0.05) is 30.4 Å². The van der Waals surface area contributed by atoms with Crippen molar-refractivity contribution in [2.45, 2.75) is 26.3 Å². The van der Waals surface area contributed by atoms with Crippen LogP contribution in [0.5, 0.6) is 0 Å². The zero-order chi connectivity index (χ0) is 17.9. The largest absolute Gasteiger partial charge is 0.364 e. The molecule has 0 saturated carbocycles. The molecule has 0 aliphatic heterocycles. The number of rotatable bonds is 6. The Balaban J connectivity index is 1.66. The first-order valence-corrected chi connectivity index (χ1v) is 9.40. The lowest BCUT2D eigenvalue weighted by Gasteiger charge is -2.08. The summed E-state index contributed by atoms with van der Waals surface area (Å²) < 4.78 is 1.76. The van der Waals surface area contributed by atoms with Crippen LogP contribution in [-0.2, 0) is 20.0 Å². The van der Waals surface area contributed by atoms with Crippen molar-refractivity contribution >= 4 is 28.2 Å². The molecule has 132 valence electrons. The van der Waals surface area contributed by atoms with Gasteiger partial charge in [-0.2, -0.15) is 5.10 Å². The highest BCUT2D eigenvalue weighted by Crippen LogP contribution is 2.25. The number of hydrogen-bond donors (Lipinski definition) is 1. The molecule has 4 aromatic rings. The average molecular weight is 365 g/mol. The molecule has 0 radical (unpaired) electrons. The van der Waals surface area contributed by atoms with Crippen molar-refractivity contribution in [2.24, 2.45) is 7.05 Å². The van der Waals surface area contributed by atoms with Crippen molar-refractivity contribution in [1.29, 1.82) is 0 Å². The Kier molecular flexibility index (Phi) is 4.57. The van der Waals surface area contributed by atoms with Gasteiger partial charge in [-0.3, -0.25) is 9.67 Å². The molecule has 4 aromatic heterocycles. The Morgan fingerprint density at radius 3 is 2.81 bits per heavy atom. The Morgan fingerprint density at radius 1 is 1.15 bits per heavy atom. The van der Waals surface area contributed by atoms with Crippen molar-refractivity contribution in [2.75, 3.05) is 5.32 Å². The third kappa shape index (κ3) is 3.28. The standard InChI is InChI=1S/C18H19N7S/c1-3-4-15-22-13(11-26-15)9-20-17-14-10-21-25(2)18(14)24-16(23-17)12-5-7-19-8-6-12/h5-8,10-11H,3-4,9H2,1-2H3,(H,20,23,24). The van der Waals surface area contributed by atoms with Gasteiger partial charge >= 0.3 is 0 Å². The van der Waals surface area contributed by atoms with E-state index in [2.05, 4.69) is 37.7 Å². The van der Waals surface area contributed by atoms with Crippen molar-refractivity contribution in [3.8, 4) is 11.4 Å². The molecule has 0 fully saturated rings. The van der Waals surface area contributed by atoms with Gasteiger partial charge in [-0.05, 0) is 25.0 Å². The summed E-state index contributed by atoms with van der Waals surface area (Å²) in [5.74, 6) is 1.41. The molecule has 0 unspecified atom stereocenters. The lowest BCUT2D eigenvalue weighted by Crippen LogP contribution is -2.05. The Bertz CT molecular complexity index is 1020. The minimum Gasteiger partial charge on any atom is -0.364 e. The normalized spacial score (nSPS) is 11.2. The van der Waals surface area contributed by atoms with Gasteiger partial charge in [0.2, 0.25) is 0 Å². The summed E-state index contributed by atoms with van der Waals surface area (Å²) in [5.41, 5.74) is 2.74. The topological polar surface area (TPSA) is 81.4 Å². The predicted octanol–water partition coefficient (Wildman–Crippen LogP) is 3.45. The fourth-order valence-electron chi connectivity index (χ4n) is 2.72. The first-order valence-electron chi connectivity index (χ1n) is 8.52. The Hall–Kier alpha value is -2.87. The summed E-state index contributed by atoms with van der Waals surface area (Å²) >= 11 is 1.71. The van der Waals surface area contributed by atoms with E-state index in [0.717, 1.165) is 41.0 Å². The van der Waals surface area contributed by atoms with E-state index in [9.17, 15) is 0 Å². The van der Waals surface area contributed by atoms with Crippen LogP contribution in [0.15, 0.2) is 36.1 Å². The van der Waals surface area contributed by atoms with Crippen LogP contribution in [0.1, 0.15) is 24.0 Å². The predicted molar refractivity (Wildman–Crippen MR) is 103 cm³/mol. The first-order chi connectivity index (χ1) is 12.7. The van der Waals surface area contributed by atoms with Crippen molar-refractivity contribution in [3.63, 3.8) is 0 Å². The van der Waals surface area contributed by atoms with Crippen LogP contribution in [0.2, 0.25) is 0 Å². The maximum absolute atomic E-state index is 4.71. The molecule has 0 saturated heterocycles. The Labute approximate surface area is 155 Å². The molecule has 0 bridgehead atoms. The molecule has 0 spiro atoms. The van der Waals surface area contributed by atoms with Crippen LogP contribution in [-0.4, -0.2) is 29.7 Å². The number of anilines is 1.